The van der Waals surface area contributed by atoms with Crippen molar-refractivity contribution in [2.45, 2.75) is 115 Å². The zero-order valence-corrected chi connectivity index (χ0v) is 46.6. The van der Waals surface area contributed by atoms with Gasteiger partial charge in [-0.25, -0.2) is 28.3 Å². The summed E-state index contributed by atoms with van der Waals surface area (Å²) < 4.78 is 46.8. The molecule has 78 heavy (non-hydrogen) atoms. The highest BCUT2D eigenvalue weighted by Gasteiger charge is 2.41. The quantitative estimate of drug-likeness (QED) is 0.0784. The van der Waals surface area contributed by atoms with Gasteiger partial charge in [-0.05, 0) is 101 Å². The van der Waals surface area contributed by atoms with Crippen LogP contribution in [0, 0.1) is 13.8 Å². The maximum absolute atomic E-state index is 15.4. The van der Waals surface area contributed by atoms with Gasteiger partial charge in [0.05, 0.1) is 60.7 Å². The monoisotopic (exact) mass is 1160 g/mol. The van der Waals surface area contributed by atoms with Gasteiger partial charge in [0, 0.05) is 60.9 Å². The lowest BCUT2D eigenvalue weighted by molar-refractivity contribution is -0.147. The normalized spacial score (nSPS) is 16.3. The van der Waals surface area contributed by atoms with Crippen LogP contribution >= 0.6 is 27.3 Å². The second kappa shape index (κ2) is 22.9. The zero-order valence-electron chi connectivity index (χ0n) is 44.2. The van der Waals surface area contributed by atoms with Gasteiger partial charge in [-0.2, -0.15) is 0 Å². The molecular formula is C55H61BrN6O15S. The summed E-state index contributed by atoms with van der Waals surface area (Å²) in [5.74, 6) is -2.51. The molecule has 4 aromatic heterocycles. The lowest BCUT2D eigenvalue weighted by Crippen LogP contribution is -2.55. The molecule has 7 aromatic rings. The average molecular weight is 1160 g/mol. The van der Waals surface area contributed by atoms with Crippen LogP contribution < -0.4 is 32.0 Å². The molecule has 414 valence electrons. The third kappa shape index (κ3) is 10.6. The summed E-state index contributed by atoms with van der Waals surface area (Å²) in [7, 11) is 2.97. The lowest BCUT2D eigenvalue weighted by atomic mass is 9.90. The summed E-state index contributed by atoms with van der Waals surface area (Å²) in [4.78, 5) is 86.8. The number of aliphatic carboxylic acids is 2. The molecule has 3 aromatic carbocycles. The van der Waals surface area contributed by atoms with E-state index in [1.165, 1.54) is 37.0 Å². The molecule has 6 heterocycles. The van der Waals surface area contributed by atoms with Crippen LogP contribution in [0.25, 0.3) is 31.9 Å². The molecule has 2 aliphatic heterocycles. The number of carbonyl (C=O) groups is 2. The number of para-hydroxylation sites is 1. The first-order valence-electron chi connectivity index (χ1n) is 25.5. The first kappa shape index (κ1) is 56.0. The molecule has 0 spiro atoms. The third-order valence-electron chi connectivity index (χ3n) is 15.0. The van der Waals surface area contributed by atoms with Crippen LogP contribution in [-0.2, 0) is 59.1 Å². The zero-order chi connectivity index (χ0) is 55.8. The Kier molecular flexibility index (Phi) is 16.4. The molecule has 2 aliphatic rings. The number of hydrogen-bond donors (Lipinski definition) is 2. The van der Waals surface area contributed by atoms with Gasteiger partial charge < -0.3 is 43.1 Å². The molecule has 2 N–H and O–H groups in total. The predicted octanol–water partition coefficient (Wildman–Crippen LogP) is 6.93. The topological polar surface area (TPSA) is 257 Å². The molecule has 2 unspecified atom stereocenters. The van der Waals surface area contributed by atoms with E-state index < -0.39 is 57.5 Å². The van der Waals surface area contributed by atoms with Gasteiger partial charge in [0.25, 0.3) is 17.0 Å². The van der Waals surface area contributed by atoms with Crippen molar-refractivity contribution >= 4 is 60.3 Å². The van der Waals surface area contributed by atoms with Gasteiger partial charge in [0.15, 0.2) is 5.54 Å². The SMILES string of the molecule is COc1ccccc1C(COC1CCOCC1)Cn1c(=O)n(C(C)(Cc2ccc([C@H](Cn3c(=O)n(C(C)(C)C(=O)O)c(=O)c4c(C)c(-c5nnco5)sc43)OC3CCOCC3)c(OC)c2)C(=O)O)c(=O)c2cc(C)c(Br)cc21. The Morgan fingerprint density at radius 2 is 1.47 bits per heavy atom. The van der Waals surface area contributed by atoms with Crippen LogP contribution in [0.5, 0.6) is 11.5 Å². The molecule has 0 saturated carbocycles. The highest BCUT2D eigenvalue weighted by atomic mass is 79.9. The van der Waals surface area contributed by atoms with Crippen LogP contribution in [0.1, 0.15) is 86.3 Å². The van der Waals surface area contributed by atoms with Crippen molar-refractivity contribution in [2.75, 3.05) is 47.3 Å². The number of rotatable bonds is 20. The van der Waals surface area contributed by atoms with Crippen LogP contribution in [0.2, 0.25) is 0 Å². The maximum atomic E-state index is 15.4. The smallest absolute Gasteiger partial charge is 0.333 e. The van der Waals surface area contributed by atoms with E-state index in [0.29, 0.717) is 95.0 Å². The molecule has 2 saturated heterocycles. The fourth-order valence-electron chi connectivity index (χ4n) is 10.4. The van der Waals surface area contributed by atoms with Gasteiger partial charge >= 0.3 is 23.3 Å². The van der Waals surface area contributed by atoms with E-state index in [4.69, 9.17) is 32.8 Å². The maximum Gasteiger partial charge on any atom is 0.333 e. The van der Waals surface area contributed by atoms with E-state index in [9.17, 15) is 34.2 Å². The molecule has 0 bridgehead atoms. The number of fused-ring (bicyclic) bond motifs is 2. The summed E-state index contributed by atoms with van der Waals surface area (Å²) >= 11 is 4.65. The van der Waals surface area contributed by atoms with E-state index in [1.54, 1.807) is 51.3 Å². The number of benzene rings is 3. The van der Waals surface area contributed by atoms with Crippen LogP contribution in [0.4, 0.5) is 0 Å². The fourth-order valence-corrected chi connectivity index (χ4v) is 12.0. The summed E-state index contributed by atoms with van der Waals surface area (Å²) in [6, 6.07) is 15.7. The minimum absolute atomic E-state index is 0.0224. The Morgan fingerprint density at radius 1 is 0.808 bits per heavy atom. The summed E-state index contributed by atoms with van der Waals surface area (Å²) in [5.41, 5.74) is -4.69. The van der Waals surface area contributed by atoms with Crippen LogP contribution in [-0.4, -0.2) is 110 Å². The average Bonchev–Trinajstić information content (AvgIpc) is 4.26. The first-order valence-corrected chi connectivity index (χ1v) is 27.1. The van der Waals surface area contributed by atoms with Gasteiger partial charge in [-0.3, -0.25) is 18.7 Å². The van der Waals surface area contributed by atoms with Crippen LogP contribution in [0.15, 0.2) is 89.1 Å². The number of ether oxygens (including phenoxy) is 6. The lowest BCUT2D eigenvalue weighted by Gasteiger charge is -2.31. The number of methoxy groups -OCH3 is 2. The van der Waals surface area contributed by atoms with Gasteiger partial charge in [-0.1, -0.05) is 46.3 Å². The van der Waals surface area contributed by atoms with Gasteiger partial charge in [-0.15, -0.1) is 21.5 Å². The van der Waals surface area contributed by atoms with Gasteiger partial charge in [0.2, 0.25) is 6.39 Å². The number of carboxylic acids is 2. The molecule has 3 atom stereocenters. The van der Waals surface area contributed by atoms with Gasteiger partial charge in [0.1, 0.15) is 28.0 Å². The third-order valence-corrected chi connectivity index (χ3v) is 17.1. The van der Waals surface area contributed by atoms with Crippen molar-refractivity contribution in [1.29, 1.82) is 0 Å². The van der Waals surface area contributed by atoms with Crippen molar-refractivity contribution in [3.05, 3.63) is 135 Å². The van der Waals surface area contributed by atoms with E-state index >= 15 is 4.79 Å². The minimum atomic E-state index is -2.20. The standard InChI is InChI=1S/C55H61BrN6O15S/c1-30-22-38-40(24-39(30)56)59(26-33(28-75-34-14-18-73-19-15-34)36-10-8-9-11-41(36)71-6)52(69)62(47(38)63)55(5,51(67)68)25-32-12-13-37(42(23-32)72-7)43(77-35-16-20-74-21-17-35)27-60-49-44(31(2)45(78-49)46-58-57-29-76-46)48(64)61(53(60)70)54(3,4)50(65)66/h8-13,22-24,29,33-35,43H,14-21,25-28H2,1-7H3,(H,65,66)(H,67,68)/t33?,43-,55?/m0/s1. The molecule has 23 heteroatoms. The molecule has 9 rings (SSSR count). The van der Waals surface area contributed by atoms with Crippen molar-refractivity contribution in [1.82, 2.24) is 28.5 Å². The van der Waals surface area contributed by atoms with E-state index in [0.717, 1.165) is 32.4 Å². The molecule has 0 amide bonds. The second-order valence-electron chi connectivity index (χ2n) is 20.4. The molecule has 0 aliphatic carbocycles. The number of carboxylic acid groups (broad SMARTS) is 2. The fraction of sp³-hybridized carbons (Fsp3) is 0.455. The summed E-state index contributed by atoms with van der Waals surface area (Å²) in [6.45, 7) is 9.12. The second-order valence-corrected chi connectivity index (χ2v) is 22.2. The summed E-state index contributed by atoms with van der Waals surface area (Å²) in [6.07, 6.45) is 1.65. The number of aryl methyl sites for hydroxylation is 2. The Hall–Kier alpha value is -6.76. The van der Waals surface area contributed by atoms with Crippen molar-refractivity contribution in [3.63, 3.8) is 0 Å². The first-order chi connectivity index (χ1) is 37.3. The Morgan fingerprint density at radius 3 is 2.12 bits per heavy atom. The number of thiophene rings is 1. The van der Waals surface area contributed by atoms with E-state index in [1.807, 2.05) is 24.3 Å². The number of nitrogens with zero attached hydrogens (tertiary/aromatic N) is 6. The van der Waals surface area contributed by atoms with Crippen molar-refractivity contribution in [3.8, 4) is 22.3 Å². The number of aromatic nitrogens is 6. The van der Waals surface area contributed by atoms with E-state index in [2.05, 4.69) is 26.1 Å². The van der Waals surface area contributed by atoms with Crippen LogP contribution in [0.3, 0.4) is 0 Å². The Bertz CT molecular complexity index is 3650. The Balaban J connectivity index is 1.16. The number of hydrogen-bond acceptors (Lipinski definition) is 16. The Labute approximate surface area is 459 Å². The molecule has 0 radical (unpaired) electrons. The largest absolute Gasteiger partial charge is 0.496 e. The highest BCUT2D eigenvalue weighted by Crippen LogP contribution is 2.39. The van der Waals surface area contributed by atoms with E-state index in [-0.39, 0.29) is 65.6 Å². The molecule has 21 nitrogen and oxygen atoms in total. The highest BCUT2D eigenvalue weighted by molar-refractivity contribution is 9.10. The number of halogens is 1. The molecule has 2 fully saturated rings. The van der Waals surface area contributed by atoms with Crippen molar-refractivity contribution < 1.29 is 52.6 Å². The summed E-state index contributed by atoms with van der Waals surface area (Å²) in [5, 5.41) is 29.7. The minimum Gasteiger partial charge on any atom is -0.496 e. The predicted molar refractivity (Wildman–Crippen MR) is 291 cm³/mol. The van der Waals surface area contributed by atoms with Crippen molar-refractivity contribution in [2.24, 2.45) is 0 Å². The molecular weight excluding hydrogens is 1100 g/mol.